The van der Waals surface area contributed by atoms with Gasteiger partial charge in [-0.15, -0.1) is 0 Å². The molecule has 0 amide bonds. The summed E-state index contributed by atoms with van der Waals surface area (Å²) in [5.41, 5.74) is 3.34. The van der Waals surface area contributed by atoms with Crippen LogP contribution in [0.5, 0.6) is 0 Å². The molecule has 0 saturated heterocycles. The van der Waals surface area contributed by atoms with Gasteiger partial charge in [0.05, 0.1) is 0 Å². The van der Waals surface area contributed by atoms with Gasteiger partial charge in [0, 0.05) is 12.1 Å². The van der Waals surface area contributed by atoms with Crippen LogP contribution in [0, 0.1) is 12.3 Å². The predicted octanol–water partition coefficient (Wildman–Crippen LogP) is 4.34. The molecule has 1 N–H and O–H groups in total. The molecule has 0 aliphatic heterocycles. The number of benzene rings is 1. The topological polar surface area (TPSA) is 12.0 Å². The van der Waals surface area contributed by atoms with Gasteiger partial charge in [0.25, 0.3) is 0 Å². The normalized spacial score (nSPS) is 12.8. The molecule has 0 heterocycles. The van der Waals surface area contributed by atoms with E-state index in [1.165, 1.54) is 24.0 Å². The quantitative estimate of drug-likeness (QED) is 0.816. The Morgan fingerprint density at radius 2 is 1.50 bits per heavy atom. The minimum atomic E-state index is 0.209. The van der Waals surface area contributed by atoms with Crippen molar-refractivity contribution >= 4 is 0 Å². The first-order valence-corrected chi connectivity index (χ1v) is 6.99. The summed E-state index contributed by atoms with van der Waals surface area (Å²) in [6.45, 7) is 14.6. The van der Waals surface area contributed by atoms with Crippen LogP contribution in [0.25, 0.3) is 0 Å². The standard InChI is InChI=1S/C17H29N/c1-14-7-9-15(10-8-14)11-12-17(5,6)13-18-16(2,3)4/h7-10,18H,11-13H2,1-6H3. The second-order valence-corrected chi connectivity index (χ2v) is 7.25. The highest BCUT2D eigenvalue weighted by atomic mass is 14.9. The van der Waals surface area contributed by atoms with Gasteiger partial charge in [-0.25, -0.2) is 0 Å². The van der Waals surface area contributed by atoms with Crippen molar-refractivity contribution in [1.82, 2.24) is 5.32 Å². The summed E-state index contributed by atoms with van der Waals surface area (Å²) in [7, 11) is 0. The van der Waals surface area contributed by atoms with E-state index in [0.717, 1.165) is 6.54 Å². The second kappa shape index (κ2) is 5.88. The maximum absolute atomic E-state index is 3.61. The van der Waals surface area contributed by atoms with Crippen LogP contribution < -0.4 is 5.32 Å². The van der Waals surface area contributed by atoms with Crippen molar-refractivity contribution in [3.8, 4) is 0 Å². The van der Waals surface area contributed by atoms with Crippen molar-refractivity contribution in [1.29, 1.82) is 0 Å². The molecule has 102 valence electrons. The maximum Gasteiger partial charge on any atom is 0.00967 e. The molecule has 0 atom stereocenters. The Morgan fingerprint density at radius 3 is 2.00 bits per heavy atom. The lowest BCUT2D eigenvalue weighted by Crippen LogP contribution is -2.42. The fraction of sp³-hybridized carbons (Fsp3) is 0.647. The molecule has 1 nitrogen and oxygen atoms in total. The van der Waals surface area contributed by atoms with Crippen molar-refractivity contribution in [2.45, 2.75) is 59.9 Å². The van der Waals surface area contributed by atoms with Gasteiger partial charge in [-0.2, -0.15) is 0 Å². The third-order valence-electron chi connectivity index (χ3n) is 3.31. The molecule has 0 spiro atoms. The minimum absolute atomic E-state index is 0.209. The average Bonchev–Trinajstić information content (AvgIpc) is 2.25. The fourth-order valence-electron chi connectivity index (χ4n) is 1.83. The SMILES string of the molecule is Cc1ccc(CCC(C)(C)CNC(C)(C)C)cc1. The van der Waals surface area contributed by atoms with Gasteiger partial charge >= 0.3 is 0 Å². The number of hydrogen-bond acceptors (Lipinski definition) is 1. The monoisotopic (exact) mass is 247 g/mol. The molecule has 0 unspecified atom stereocenters. The van der Waals surface area contributed by atoms with E-state index in [1.807, 2.05) is 0 Å². The second-order valence-electron chi connectivity index (χ2n) is 7.25. The van der Waals surface area contributed by atoms with Crippen LogP contribution >= 0.6 is 0 Å². The van der Waals surface area contributed by atoms with Gasteiger partial charge in [-0.1, -0.05) is 43.7 Å². The summed E-state index contributed by atoms with van der Waals surface area (Å²) in [6.07, 6.45) is 2.39. The van der Waals surface area contributed by atoms with E-state index >= 15 is 0 Å². The van der Waals surface area contributed by atoms with Crippen molar-refractivity contribution in [3.63, 3.8) is 0 Å². The van der Waals surface area contributed by atoms with Crippen molar-refractivity contribution in [2.24, 2.45) is 5.41 Å². The summed E-state index contributed by atoms with van der Waals surface area (Å²) in [5, 5.41) is 3.61. The van der Waals surface area contributed by atoms with Crippen LogP contribution in [-0.4, -0.2) is 12.1 Å². The van der Waals surface area contributed by atoms with Gasteiger partial charge in [0.15, 0.2) is 0 Å². The summed E-state index contributed by atoms with van der Waals surface area (Å²) in [4.78, 5) is 0. The average molecular weight is 247 g/mol. The molecule has 1 aromatic carbocycles. The van der Waals surface area contributed by atoms with Crippen LogP contribution in [0.15, 0.2) is 24.3 Å². The highest BCUT2D eigenvalue weighted by Gasteiger charge is 2.20. The minimum Gasteiger partial charge on any atom is -0.312 e. The molecule has 0 saturated carbocycles. The number of nitrogens with one attached hydrogen (secondary N) is 1. The third-order valence-corrected chi connectivity index (χ3v) is 3.31. The van der Waals surface area contributed by atoms with Crippen LogP contribution in [0.3, 0.4) is 0 Å². The zero-order valence-electron chi connectivity index (χ0n) is 12.9. The van der Waals surface area contributed by atoms with Crippen molar-refractivity contribution < 1.29 is 0 Å². The molecule has 0 aromatic heterocycles. The first kappa shape index (κ1) is 15.2. The van der Waals surface area contributed by atoms with E-state index in [1.54, 1.807) is 0 Å². The number of rotatable bonds is 5. The maximum atomic E-state index is 3.61. The molecular formula is C17H29N. The number of hydrogen-bond donors (Lipinski definition) is 1. The van der Waals surface area contributed by atoms with Gasteiger partial charge in [-0.3, -0.25) is 0 Å². The largest absolute Gasteiger partial charge is 0.312 e. The first-order valence-electron chi connectivity index (χ1n) is 6.99. The van der Waals surface area contributed by atoms with Crippen LogP contribution in [0.2, 0.25) is 0 Å². The van der Waals surface area contributed by atoms with Gasteiger partial charge < -0.3 is 5.32 Å². The van der Waals surface area contributed by atoms with E-state index < -0.39 is 0 Å². The summed E-state index contributed by atoms with van der Waals surface area (Å²) < 4.78 is 0. The lowest BCUT2D eigenvalue weighted by molar-refractivity contribution is 0.273. The molecule has 0 bridgehead atoms. The Morgan fingerprint density at radius 1 is 0.944 bits per heavy atom. The highest BCUT2D eigenvalue weighted by Crippen LogP contribution is 2.23. The van der Waals surface area contributed by atoms with Crippen LogP contribution in [-0.2, 0) is 6.42 Å². The fourth-order valence-corrected chi connectivity index (χ4v) is 1.83. The number of aryl methyl sites for hydroxylation is 2. The van der Waals surface area contributed by atoms with Gasteiger partial charge in [-0.05, 0) is 51.5 Å². The molecule has 0 fully saturated rings. The van der Waals surface area contributed by atoms with Crippen molar-refractivity contribution in [2.75, 3.05) is 6.54 Å². The Hall–Kier alpha value is -0.820. The lowest BCUT2D eigenvalue weighted by atomic mass is 9.85. The summed E-state index contributed by atoms with van der Waals surface area (Å²) in [6, 6.07) is 8.91. The smallest absolute Gasteiger partial charge is 0.00967 e. The van der Waals surface area contributed by atoms with E-state index in [4.69, 9.17) is 0 Å². The highest BCUT2D eigenvalue weighted by molar-refractivity contribution is 5.21. The molecule has 0 aliphatic carbocycles. The Bertz CT molecular complexity index is 354. The molecule has 18 heavy (non-hydrogen) atoms. The van der Waals surface area contributed by atoms with Crippen molar-refractivity contribution in [3.05, 3.63) is 35.4 Å². The summed E-state index contributed by atoms with van der Waals surface area (Å²) >= 11 is 0. The van der Waals surface area contributed by atoms with E-state index in [-0.39, 0.29) is 5.54 Å². The Kier molecular flexibility index (Phi) is 4.98. The van der Waals surface area contributed by atoms with E-state index in [9.17, 15) is 0 Å². The van der Waals surface area contributed by atoms with Crippen LogP contribution in [0.1, 0.15) is 52.2 Å². The molecular weight excluding hydrogens is 218 g/mol. The molecule has 0 aliphatic rings. The predicted molar refractivity (Wildman–Crippen MR) is 81.0 cm³/mol. The zero-order valence-corrected chi connectivity index (χ0v) is 12.9. The van der Waals surface area contributed by atoms with E-state index in [0.29, 0.717) is 5.41 Å². The van der Waals surface area contributed by atoms with E-state index in [2.05, 4.69) is 71.1 Å². The molecule has 0 radical (unpaired) electrons. The zero-order chi connectivity index (χ0) is 13.8. The Labute approximate surface area is 113 Å². The van der Waals surface area contributed by atoms with Gasteiger partial charge in [0.1, 0.15) is 0 Å². The molecule has 1 aromatic rings. The lowest BCUT2D eigenvalue weighted by Gasteiger charge is -2.30. The Balaban J connectivity index is 2.43. The molecule has 1 heteroatoms. The first-order chi connectivity index (χ1) is 8.18. The third kappa shape index (κ3) is 6.20. The molecule has 1 rings (SSSR count). The summed E-state index contributed by atoms with van der Waals surface area (Å²) in [5.74, 6) is 0. The van der Waals surface area contributed by atoms with Gasteiger partial charge in [0.2, 0.25) is 0 Å². The van der Waals surface area contributed by atoms with Crippen LogP contribution in [0.4, 0.5) is 0 Å².